The molecule has 2 rings (SSSR count). The monoisotopic (exact) mass is 277 g/mol. The molecular weight excluding hydrogens is 254 g/mol. The molecule has 0 aliphatic carbocycles. The number of nitrogens with zero attached hydrogens (tertiary/aromatic N) is 1. The first-order valence-corrected chi connectivity index (χ1v) is 8.12. The topological polar surface area (TPSA) is 23.5 Å². The number of likely N-dealkylation sites (tertiary alicyclic amines) is 1. The number of piperidine rings is 1. The van der Waals surface area contributed by atoms with E-state index in [1.165, 1.54) is 43.5 Å². The van der Waals surface area contributed by atoms with Gasteiger partial charge in [0.25, 0.3) is 0 Å². The molecule has 3 heteroatoms. The molecule has 0 spiro atoms. The standard InChI is InChI=1S/C16H23NOS/c1-2-6-15-8-3-4-9-17(15)12-16-11-14(13-19-16)7-5-10-18/h11,13,15,18H,2-4,6,8-10,12H2,1H3. The number of hydrogen-bond acceptors (Lipinski definition) is 3. The molecule has 2 nitrogen and oxygen atoms in total. The van der Waals surface area contributed by atoms with Crippen LogP contribution in [0.2, 0.25) is 0 Å². The van der Waals surface area contributed by atoms with Crippen molar-refractivity contribution >= 4 is 11.3 Å². The Bertz CT molecular complexity index is 441. The molecule has 2 heterocycles. The van der Waals surface area contributed by atoms with Crippen molar-refractivity contribution in [3.05, 3.63) is 21.9 Å². The summed E-state index contributed by atoms with van der Waals surface area (Å²) in [6, 6.07) is 2.94. The Morgan fingerprint density at radius 2 is 2.37 bits per heavy atom. The molecule has 104 valence electrons. The Hall–Kier alpha value is -0.820. The van der Waals surface area contributed by atoms with Crippen molar-refractivity contribution in [2.75, 3.05) is 13.2 Å². The average Bonchev–Trinajstić information content (AvgIpc) is 2.87. The molecule has 0 bridgehead atoms. The highest BCUT2D eigenvalue weighted by atomic mass is 32.1. The summed E-state index contributed by atoms with van der Waals surface area (Å²) in [6.07, 6.45) is 6.68. The van der Waals surface area contributed by atoms with Crippen LogP contribution >= 0.6 is 11.3 Å². The lowest BCUT2D eigenvalue weighted by Gasteiger charge is -2.35. The second kappa shape index (κ2) is 7.69. The van der Waals surface area contributed by atoms with Crippen LogP contribution in [0.3, 0.4) is 0 Å². The summed E-state index contributed by atoms with van der Waals surface area (Å²) in [4.78, 5) is 4.03. The molecular formula is C16H23NOS. The minimum Gasteiger partial charge on any atom is -0.384 e. The third-order valence-electron chi connectivity index (χ3n) is 3.70. The molecule has 1 unspecified atom stereocenters. The van der Waals surface area contributed by atoms with Gasteiger partial charge in [-0.3, -0.25) is 4.90 Å². The number of hydrogen-bond donors (Lipinski definition) is 1. The maximum absolute atomic E-state index is 8.71. The Morgan fingerprint density at radius 1 is 1.47 bits per heavy atom. The molecule has 1 N–H and O–H groups in total. The quantitative estimate of drug-likeness (QED) is 0.854. The fourth-order valence-electron chi connectivity index (χ4n) is 2.80. The molecule has 1 aromatic heterocycles. The first-order valence-electron chi connectivity index (χ1n) is 7.24. The summed E-state index contributed by atoms with van der Waals surface area (Å²) in [5.41, 5.74) is 1.04. The zero-order valence-electron chi connectivity index (χ0n) is 11.7. The van der Waals surface area contributed by atoms with Crippen molar-refractivity contribution in [3.8, 4) is 11.8 Å². The van der Waals surface area contributed by atoms with Crippen molar-refractivity contribution in [2.45, 2.75) is 51.6 Å². The molecule has 1 saturated heterocycles. The van der Waals surface area contributed by atoms with E-state index in [1.54, 1.807) is 11.3 Å². The molecule has 0 saturated carbocycles. The Morgan fingerprint density at radius 3 is 3.16 bits per heavy atom. The highest BCUT2D eigenvalue weighted by Crippen LogP contribution is 2.25. The van der Waals surface area contributed by atoms with Crippen LogP contribution in [-0.2, 0) is 6.54 Å². The lowest BCUT2D eigenvalue weighted by Crippen LogP contribution is -2.38. The van der Waals surface area contributed by atoms with Crippen molar-refractivity contribution in [1.82, 2.24) is 4.90 Å². The van der Waals surface area contributed by atoms with Crippen molar-refractivity contribution in [1.29, 1.82) is 0 Å². The van der Waals surface area contributed by atoms with Gasteiger partial charge in [-0.25, -0.2) is 0 Å². The van der Waals surface area contributed by atoms with E-state index in [0.29, 0.717) is 0 Å². The number of aliphatic hydroxyl groups excluding tert-OH is 1. The summed E-state index contributed by atoms with van der Waals surface area (Å²) >= 11 is 1.79. The first kappa shape index (κ1) is 14.6. The summed E-state index contributed by atoms with van der Waals surface area (Å²) < 4.78 is 0. The molecule has 0 radical (unpaired) electrons. The highest BCUT2D eigenvalue weighted by Gasteiger charge is 2.21. The summed E-state index contributed by atoms with van der Waals surface area (Å²) in [7, 11) is 0. The van der Waals surface area contributed by atoms with Crippen LogP contribution in [0.25, 0.3) is 0 Å². The van der Waals surface area contributed by atoms with Crippen molar-refractivity contribution in [3.63, 3.8) is 0 Å². The zero-order valence-corrected chi connectivity index (χ0v) is 12.5. The van der Waals surface area contributed by atoms with Gasteiger partial charge in [0.05, 0.1) is 0 Å². The molecule has 1 fully saturated rings. The van der Waals surface area contributed by atoms with Gasteiger partial charge in [0.15, 0.2) is 0 Å². The highest BCUT2D eigenvalue weighted by molar-refractivity contribution is 7.10. The lowest BCUT2D eigenvalue weighted by atomic mass is 9.98. The summed E-state index contributed by atoms with van der Waals surface area (Å²) in [6.45, 7) is 4.52. The van der Waals surface area contributed by atoms with Crippen LogP contribution in [0.1, 0.15) is 49.5 Å². The molecule has 0 amide bonds. The van der Waals surface area contributed by atoms with Crippen molar-refractivity contribution in [2.24, 2.45) is 0 Å². The van der Waals surface area contributed by atoms with Crippen LogP contribution < -0.4 is 0 Å². The van der Waals surface area contributed by atoms with Gasteiger partial charge < -0.3 is 5.11 Å². The molecule has 0 aromatic carbocycles. The third-order valence-corrected chi connectivity index (χ3v) is 4.62. The van der Waals surface area contributed by atoms with Crippen molar-refractivity contribution < 1.29 is 5.11 Å². The predicted octanol–water partition coefficient (Wildman–Crippen LogP) is 3.25. The Labute approximate surface area is 120 Å². The Kier molecular flexibility index (Phi) is 5.91. The fourth-order valence-corrected chi connectivity index (χ4v) is 3.64. The largest absolute Gasteiger partial charge is 0.384 e. The molecule has 1 aliphatic rings. The van der Waals surface area contributed by atoms with Gasteiger partial charge in [0.1, 0.15) is 6.61 Å². The van der Waals surface area contributed by atoms with Crippen LogP contribution in [-0.4, -0.2) is 29.2 Å². The van der Waals surface area contributed by atoms with E-state index in [1.807, 2.05) is 0 Å². The second-order valence-electron chi connectivity index (χ2n) is 5.17. The van der Waals surface area contributed by atoms with E-state index in [9.17, 15) is 0 Å². The van der Waals surface area contributed by atoms with E-state index in [0.717, 1.165) is 18.2 Å². The van der Waals surface area contributed by atoms with E-state index in [2.05, 4.69) is 35.1 Å². The minimum absolute atomic E-state index is 0.0596. The average molecular weight is 277 g/mol. The van der Waals surface area contributed by atoms with Gasteiger partial charge in [0.2, 0.25) is 0 Å². The van der Waals surface area contributed by atoms with Crippen LogP contribution in [0, 0.1) is 11.8 Å². The summed E-state index contributed by atoms with van der Waals surface area (Å²) in [5, 5.41) is 10.8. The van der Waals surface area contributed by atoms with E-state index < -0.39 is 0 Å². The van der Waals surface area contributed by atoms with Crippen LogP contribution in [0.4, 0.5) is 0 Å². The zero-order chi connectivity index (χ0) is 13.5. The molecule has 19 heavy (non-hydrogen) atoms. The van der Waals surface area contributed by atoms with Gasteiger partial charge >= 0.3 is 0 Å². The fraction of sp³-hybridized carbons (Fsp3) is 0.625. The SMILES string of the molecule is CCCC1CCCCN1Cc1cc(C#CCO)cs1. The van der Waals surface area contributed by atoms with Gasteiger partial charge in [-0.2, -0.15) is 0 Å². The van der Waals surface area contributed by atoms with Crippen LogP contribution in [0.5, 0.6) is 0 Å². The number of thiophene rings is 1. The lowest BCUT2D eigenvalue weighted by molar-refractivity contribution is 0.133. The van der Waals surface area contributed by atoms with E-state index in [-0.39, 0.29) is 6.61 Å². The van der Waals surface area contributed by atoms with Crippen LogP contribution in [0.15, 0.2) is 11.4 Å². The number of rotatable bonds is 4. The summed E-state index contributed by atoms with van der Waals surface area (Å²) in [5.74, 6) is 5.69. The normalized spacial score (nSPS) is 20.0. The second-order valence-corrected chi connectivity index (χ2v) is 6.17. The first-order chi connectivity index (χ1) is 9.33. The Balaban J connectivity index is 1.96. The molecule has 1 aliphatic heterocycles. The maximum Gasteiger partial charge on any atom is 0.104 e. The third kappa shape index (κ3) is 4.35. The predicted molar refractivity (Wildman–Crippen MR) is 81.2 cm³/mol. The van der Waals surface area contributed by atoms with Gasteiger partial charge in [-0.1, -0.05) is 31.6 Å². The van der Waals surface area contributed by atoms with Gasteiger partial charge in [-0.15, -0.1) is 11.3 Å². The smallest absolute Gasteiger partial charge is 0.104 e. The van der Waals surface area contributed by atoms with Gasteiger partial charge in [-0.05, 0) is 31.9 Å². The van der Waals surface area contributed by atoms with Gasteiger partial charge in [0, 0.05) is 28.4 Å². The molecule has 1 atom stereocenters. The van der Waals surface area contributed by atoms with E-state index in [4.69, 9.17) is 5.11 Å². The molecule has 1 aromatic rings. The van der Waals surface area contributed by atoms with E-state index >= 15 is 0 Å². The minimum atomic E-state index is -0.0596. The maximum atomic E-state index is 8.71. The number of aliphatic hydroxyl groups is 1.